The summed E-state index contributed by atoms with van der Waals surface area (Å²) in [7, 11) is -3.47. The van der Waals surface area contributed by atoms with E-state index >= 15 is 0 Å². The second kappa shape index (κ2) is 6.44. The minimum atomic E-state index is -3.47. The Morgan fingerprint density at radius 1 is 1.19 bits per heavy atom. The third-order valence-corrected chi connectivity index (χ3v) is 7.89. The first-order valence-electron chi connectivity index (χ1n) is 8.82. The number of aromatic nitrogens is 3. The number of rotatable bonds is 3. The number of aryl methyl sites for hydroxylation is 2. The fraction of sp³-hybridized carbons (Fsp3) is 0.444. The van der Waals surface area contributed by atoms with Crippen LogP contribution in [0.4, 0.5) is 0 Å². The molecule has 3 aromatic rings. The summed E-state index contributed by atoms with van der Waals surface area (Å²) in [6.45, 7) is 6.52. The number of hydrogen-bond acceptors (Lipinski definition) is 5. The highest BCUT2D eigenvalue weighted by Crippen LogP contribution is 2.31. The van der Waals surface area contributed by atoms with Crippen LogP contribution in [0.1, 0.15) is 37.6 Å². The van der Waals surface area contributed by atoms with Crippen molar-refractivity contribution < 1.29 is 8.42 Å². The number of piperidine rings is 1. The van der Waals surface area contributed by atoms with Crippen LogP contribution in [-0.2, 0) is 10.0 Å². The van der Waals surface area contributed by atoms with E-state index in [0.717, 1.165) is 46.0 Å². The zero-order valence-electron chi connectivity index (χ0n) is 15.1. The Labute approximate surface area is 157 Å². The van der Waals surface area contributed by atoms with Crippen molar-refractivity contribution in [3.05, 3.63) is 35.7 Å². The Hall–Kier alpha value is -1.77. The predicted octanol–water partition coefficient (Wildman–Crippen LogP) is 3.66. The molecule has 6 nitrogen and oxygen atoms in total. The van der Waals surface area contributed by atoms with E-state index in [-0.39, 0.29) is 6.04 Å². The van der Waals surface area contributed by atoms with Crippen LogP contribution in [0.5, 0.6) is 0 Å². The van der Waals surface area contributed by atoms with Gasteiger partial charge in [0, 0.05) is 18.3 Å². The Morgan fingerprint density at radius 3 is 2.69 bits per heavy atom. The molecule has 0 N–H and O–H groups in total. The Balaban J connectivity index is 1.75. The highest BCUT2D eigenvalue weighted by atomic mass is 32.2. The molecule has 0 spiro atoms. The van der Waals surface area contributed by atoms with Gasteiger partial charge < -0.3 is 0 Å². The van der Waals surface area contributed by atoms with Gasteiger partial charge in [-0.3, -0.25) is 0 Å². The molecule has 1 aliphatic heterocycles. The molecule has 0 bridgehead atoms. The molecule has 1 saturated heterocycles. The molecule has 4 rings (SSSR count). The molecule has 138 valence electrons. The average Bonchev–Trinajstić information content (AvgIpc) is 3.16. The van der Waals surface area contributed by atoms with Crippen molar-refractivity contribution in [3.63, 3.8) is 0 Å². The molecule has 0 aliphatic carbocycles. The van der Waals surface area contributed by atoms with E-state index in [9.17, 15) is 8.42 Å². The predicted molar refractivity (Wildman–Crippen MR) is 103 cm³/mol. The summed E-state index contributed by atoms with van der Waals surface area (Å²) in [5.74, 6) is 0. The van der Waals surface area contributed by atoms with E-state index in [4.69, 9.17) is 0 Å². The largest absolute Gasteiger partial charge is 0.243 e. The second-order valence-electron chi connectivity index (χ2n) is 6.93. The van der Waals surface area contributed by atoms with Gasteiger partial charge in [0.05, 0.1) is 20.8 Å². The van der Waals surface area contributed by atoms with Crippen molar-refractivity contribution in [2.24, 2.45) is 0 Å². The molecule has 0 amide bonds. The third kappa shape index (κ3) is 2.95. The number of benzene rings is 1. The van der Waals surface area contributed by atoms with E-state index in [0.29, 0.717) is 11.4 Å². The topological polar surface area (TPSA) is 68.1 Å². The van der Waals surface area contributed by atoms with E-state index in [2.05, 4.69) is 10.1 Å². The Morgan fingerprint density at radius 2 is 2.00 bits per heavy atom. The fourth-order valence-corrected chi connectivity index (χ4v) is 6.35. The number of thiazole rings is 1. The lowest BCUT2D eigenvalue weighted by Gasteiger charge is -2.32. The van der Waals surface area contributed by atoms with E-state index in [1.807, 2.05) is 26.8 Å². The molecule has 1 fully saturated rings. The van der Waals surface area contributed by atoms with Crippen LogP contribution < -0.4 is 0 Å². The fourth-order valence-electron chi connectivity index (χ4n) is 3.53. The number of sulfonamides is 1. The maximum absolute atomic E-state index is 13.1. The van der Waals surface area contributed by atoms with E-state index in [1.165, 1.54) is 11.3 Å². The maximum atomic E-state index is 13.1. The van der Waals surface area contributed by atoms with Gasteiger partial charge in [-0.1, -0.05) is 17.8 Å². The summed E-state index contributed by atoms with van der Waals surface area (Å²) >= 11 is 1.46. The monoisotopic (exact) mass is 390 g/mol. The van der Waals surface area contributed by atoms with Gasteiger partial charge in [0.15, 0.2) is 0 Å². The van der Waals surface area contributed by atoms with Gasteiger partial charge in [-0.2, -0.15) is 9.40 Å². The van der Waals surface area contributed by atoms with Crippen molar-refractivity contribution in [3.8, 4) is 5.13 Å². The molecule has 2 aromatic heterocycles. The van der Waals surface area contributed by atoms with Crippen LogP contribution in [0.2, 0.25) is 0 Å². The minimum absolute atomic E-state index is 0.0520. The lowest BCUT2D eigenvalue weighted by molar-refractivity contribution is 0.268. The highest BCUT2D eigenvalue weighted by molar-refractivity contribution is 7.89. The highest BCUT2D eigenvalue weighted by Gasteiger charge is 2.31. The lowest BCUT2D eigenvalue weighted by Crippen LogP contribution is -2.41. The summed E-state index contributed by atoms with van der Waals surface area (Å²) < 4.78 is 30.4. The molecular formula is C18H22N4O2S2. The molecule has 1 atom stereocenters. The zero-order chi connectivity index (χ0) is 18.5. The Bertz CT molecular complexity index is 1070. The maximum Gasteiger partial charge on any atom is 0.243 e. The Kier molecular flexibility index (Phi) is 4.37. The average molecular weight is 391 g/mol. The summed E-state index contributed by atoms with van der Waals surface area (Å²) in [6, 6.07) is 7.27. The van der Waals surface area contributed by atoms with Gasteiger partial charge in [0.25, 0.3) is 0 Å². The van der Waals surface area contributed by atoms with Gasteiger partial charge in [0.2, 0.25) is 15.2 Å². The third-order valence-electron chi connectivity index (χ3n) is 4.89. The molecular weight excluding hydrogens is 368 g/mol. The number of fused-ring (bicyclic) bond motifs is 1. The van der Waals surface area contributed by atoms with Gasteiger partial charge in [-0.15, -0.1) is 0 Å². The number of nitrogens with zero attached hydrogens (tertiary/aromatic N) is 4. The van der Waals surface area contributed by atoms with Crippen LogP contribution >= 0.6 is 11.3 Å². The van der Waals surface area contributed by atoms with Gasteiger partial charge in [-0.25, -0.2) is 18.1 Å². The summed E-state index contributed by atoms with van der Waals surface area (Å²) in [5.41, 5.74) is 2.74. The molecule has 1 aliphatic rings. The van der Waals surface area contributed by atoms with Crippen LogP contribution in [0, 0.1) is 13.8 Å². The van der Waals surface area contributed by atoms with Crippen molar-refractivity contribution in [1.82, 2.24) is 19.1 Å². The van der Waals surface area contributed by atoms with Crippen molar-refractivity contribution in [2.45, 2.75) is 51.0 Å². The van der Waals surface area contributed by atoms with Crippen LogP contribution in [0.3, 0.4) is 0 Å². The first-order chi connectivity index (χ1) is 12.4. The summed E-state index contributed by atoms with van der Waals surface area (Å²) in [4.78, 5) is 4.97. The first kappa shape index (κ1) is 17.6. The summed E-state index contributed by atoms with van der Waals surface area (Å²) in [5, 5.41) is 5.22. The van der Waals surface area contributed by atoms with Crippen molar-refractivity contribution in [2.75, 3.05) is 6.54 Å². The second-order valence-corrected chi connectivity index (χ2v) is 9.83. The number of hydrogen-bond donors (Lipinski definition) is 0. The van der Waals surface area contributed by atoms with Crippen LogP contribution in [0.25, 0.3) is 15.3 Å². The van der Waals surface area contributed by atoms with E-state index in [1.54, 1.807) is 27.2 Å². The molecule has 0 saturated carbocycles. The standard InChI is InChI=1S/C18H22N4O2S2/c1-12-10-14(3)22(20-12)18-19-16-8-7-15(11-17(16)25-18)26(23,24)21-9-5-4-6-13(21)2/h7-8,10-11,13H,4-6,9H2,1-3H3/t13-/m1/s1. The van der Waals surface area contributed by atoms with Crippen molar-refractivity contribution >= 4 is 31.6 Å². The first-order valence-corrected chi connectivity index (χ1v) is 11.1. The molecule has 1 aromatic carbocycles. The normalized spacial score (nSPS) is 19.3. The van der Waals surface area contributed by atoms with Gasteiger partial charge in [-0.05, 0) is 57.9 Å². The minimum Gasteiger partial charge on any atom is -0.218 e. The van der Waals surface area contributed by atoms with Crippen LogP contribution in [-0.4, -0.2) is 40.1 Å². The molecule has 0 radical (unpaired) electrons. The molecule has 3 heterocycles. The van der Waals surface area contributed by atoms with Gasteiger partial charge >= 0.3 is 0 Å². The van der Waals surface area contributed by atoms with Crippen LogP contribution in [0.15, 0.2) is 29.2 Å². The summed E-state index contributed by atoms with van der Waals surface area (Å²) in [6.07, 6.45) is 2.94. The molecule has 8 heteroatoms. The van der Waals surface area contributed by atoms with Crippen molar-refractivity contribution in [1.29, 1.82) is 0 Å². The molecule has 0 unspecified atom stereocenters. The SMILES string of the molecule is Cc1cc(C)n(-c2nc3ccc(S(=O)(=O)N4CCCC[C@H]4C)cc3s2)n1. The zero-order valence-corrected chi connectivity index (χ0v) is 16.8. The van der Waals surface area contributed by atoms with E-state index < -0.39 is 10.0 Å². The quantitative estimate of drug-likeness (QED) is 0.684. The van der Waals surface area contributed by atoms with Gasteiger partial charge in [0.1, 0.15) is 0 Å². The lowest BCUT2D eigenvalue weighted by atomic mass is 10.1. The molecule has 26 heavy (non-hydrogen) atoms. The smallest absolute Gasteiger partial charge is 0.218 e.